The van der Waals surface area contributed by atoms with Crippen LogP contribution in [0.4, 0.5) is 0 Å². The Bertz CT molecular complexity index is 404. The molecule has 0 saturated heterocycles. The Balaban J connectivity index is 2.04. The third kappa shape index (κ3) is 2.17. The topological polar surface area (TPSA) is 40.9 Å². The van der Waals surface area contributed by atoms with E-state index in [9.17, 15) is 10.1 Å². The highest BCUT2D eigenvalue weighted by atomic mass is 32.1. The van der Waals surface area contributed by atoms with E-state index in [1.165, 1.54) is 4.88 Å². The van der Waals surface area contributed by atoms with Crippen LogP contribution >= 0.6 is 11.3 Å². The van der Waals surface area contributed by atoms with Gasteiger partial charge in [0, 0.05) is 11.3 Å². The van der Waals surface area contributed by atoms with Gasteiger partial charge in [-0.05, 0) is 37.1 Å². The Morgan fingerprint density at radius 3 is 3.00 bits per heavy atom. The number of rotatable bonds is 3. The number of nitriles is 1. The first-order valence-corrected chi connectivity index (χ1v) is 6.62. The van der Waals surface area contributed by atoms with Crippen LogP contribution in [0.2, 0.25) is 0 Å². The summed E-state index contributed by atoms with van der Waals surface area (Å²) < 4.78 is 0. The molecule has 0 bridgehead atoms. The fraction of sp³-hybridized carbons (Fsp3) is 0.538. The molecule has 16 heavy (non-hydrogen) atoms. The molecule has 0 radical (unpaired) electrons. The van der Waals surface area contributed by atoms with E-state index in [2.05, 4.69) is 12.1 Å². The molecule has 1 aromatic heterocycles. The number of ketones is 1. The minimum Gasteiger partial charge on any atom is -0.298 e. The maximum Gasteiger partial charge on any atom is 0.153 e. The van der Waals surface area contributed by atoms with Crippen LogP contribution in [0.1, 0.15) is 37.0 Å². The van der Waals surface area contributed by atoms with E-state index in [0.717, 1.165) is 25.7 Å². The van der Waals surface area contributed by atoms with Crippen LogP contribution in [0.5, 0.6) is 0 Å². The first kappa shape index (κ1) is 11.3. The van der Waals surface area contributed by atoms with Crippen LogP contribution in [0, 0.1) is 16.7 Å². The smallest absolute Gasteiger partial charge is 0.153 e. The molecular weight excluding hydrogens is 218 g/mol. The molecule has 0 aromatic carbocycles. The SMILES string of the molecule is N#CC1(CCc2cccs2)CCCCC1=O. The highest BCUT2D eigenvalue weighted by Gasteiger charge is 2.39. The van der Waals surface area contributed by atoms with E-state index in [1.807, 2.05) is 11.4 Å². The molecule has 1 aliphatic rings. The average Bonchev–Trinajstić information content (AvgIpc) is 2.82. The van der Waals surface area contributed by atoms with Gasteiger partial charge in [-0.15, -0.1) is 11.3 Å². The molecule has 0 amide bonds. The van der Waals surface area contributed by atoms with Gasteiger partial charge in [-0.2, -0.15) is 5.26 Å². The highest BCUT2D eigenvalue weighted by Crippen LogP contribution is 2.37. The summed E-state index contributed by atoms with van der Waals surface area (Å²) in [5, 5.41) is 11.3. The van der Waals surface area contributed by atoms with Crippen molar-refractivity contribution in [3.8, 4) is 6.07 Å². The predicted octanol–water partition coefficient (Wildman–Crippen LogP) is 3.33. The van der Waals surface area contributed by atoms with E-state index in [1.54, 1.807) is 11.3 Å². The Morgan fingerprint density at radius 2 is 2.38 bits per heavy atom. The summed E-state index contributed by atoms with van der Waals surface area (Å²) in [6.07, 6.45) is 4.89. The Hall–Kier alpha value is -1.14. The van der Waals surface area contributed by atoms with Gasteiger partial charge in [0.25, 0.3) is 0 Å². The van der Waals surface area contributed by atoms with Crippen molar-refractivity contribution in [2.45, 2.75) is 38.5 Å². The Kier molecular flexibility index (Phi) is 3.40. The van der Waals surface area contributed by atoms with Crippen LogP contribution in [0.15, 0.2) is 17.5 Å². The minimum absolute atomic E-state index is 0.165. The van der Waals surface area contributed by atoms with E-state index in [0.29, 0.717) is 12.8 Å². The molecule has 1 unspecified atom stereocenters. The summed E-state index contributed by atoms with van der Waals surface area (Å²) in [7, 11) is 0. The molecule has 1 aliphatic carbocycles. The van der Waals surface area contributed by atoms with Crippen molar-refractivity contribution in [2.24, 2.45) is 5.41 Å². The zero-order valence-electron chi connectivity index (χ0n) is 9.24. The third-order valence-corrected chi connectivity index (χ3v) is 4.32. The number of aryl methyl sites for hydroxylation is 1. The average molecular weight is 233 g/mol. The third-order valence-electron chi connectivity index (χ3n) is 3.38. The molecule has 0 spiro atoms. The molecule has 2 rings (SSSR count). The van der Waals surface area contributed by atoms with Crippen LogP contribution in [0.25, 0.3) is 0 Å². The molecule has 3 heteroatoms. The van der Waals surface area contributed by atoms with Gasteiger partial charge >= 0.3 is 0 Å². The van der Waals surface area contributed by atoms with Crippen molar-refractivity contribution >= 4 is 17.1 Å². The second kappa shape index (κ2) is 4.80. The van der Waals surface area contributed by atoms with Crippen molar-refractivity contribution < 1.29 is 4.79 Å². The summed E-state index contributed by atoms with van der Waals surface area (Å²) in [6, 6.07) is 6.37. The standard InChI is InChI=1S/C13H15NOS/c14-10-13(7-2-1-5-12(13)15)8-6-11-4-3-9-16-11/h3-4,9H,1-2,5-8H2. The number of hydrogen-bond donors (Lipinski definition) is 0. The van der Waals surface area contributed by atoms with Gasteiger partial charge in [0.05, 0.1) is 6.07 Å². The highest BCUT2D eigenvalue weighted by molar-refractivity contribution is 7.09. The molecule has 1 saturated carbocycles. The van der Waals surface area contributed by atoms with Crippen molar-refractivity contribution in [1.29, 1.82) is 5.26 Å². The van der Waals surface area contributed by atoms with Crippen LogP contribution < -0.4 is 0 Å². The second-order valence-corrected chi connectivity index (χ2v) is 5.44. The Labute approximate surface area is 99.9 Å². The van der Waals surface area contributed by atoms with Crippen LogP contribution in [-0.2, 0) is 11.2 Å². The number of carbonyl (C=O) groups excluding carboxylic acids is 1. The van der Waals surface area contributed by atoms with Crippen LogP contribution in [-0.4, -0.2) is 5.78 Å². The quantitative estimate of drug-likeness (QED) is 0.803. The number of nitrogens with zero attached hydrogens (tertiary/aromatic N) is 1. The molecule has 0 N–H and O–H groups in total. The van der Waals surface area contributed by atoms with Gasteiger partial charge in [-0.25, -0.2) is 0 Å². The Morgan fingerprint density at radius 1 is 1.50 bits per heavy atom. The summed E-state index contributed by atoms with van der Waals surface area (Å²) >= 11 is 1.70. The number of thiophene rings is 1. The van der Waals surface area contributed by atoms with E-state index in [4.69, 9.17) is 0 Å². The van der Waals surface area contributed by atoms with Crippen molar-refractivity contribution in [3.63, 3.8) is 0 Å². The maximum absolute atomic E-state index is 11.9. The zero-order chi connectivity index (χ0) is 11.4. The number of carbonyl (C=O) groups is 1. The summed E-state index contributed by atoms with van der Waals surface area (Å²) in [5.41, 5.74) is -0.678. The van der Waals surface area contributed by atoms with Crippen LogP contribution in [0.3, 0.4) is 0 Å². The summed E-state index contributed by atoms with van der Waals surface area (Å²) in [4.78, 5) is 13.2. The van der Waals surface area contributed by atoms with Crippen molar-refractivity contribution in [1.82, 2.24) is 0 Å². The minimum atomic E-state index is -0.678. The zero-order valence-corrected chi connectivity index (χ0v) is 10.1. The van der Waals surface area contributed by atoms with E-state index >= 15 is 0 Å². The van der Waals surface area contributed by atoms with Gasteiger partial charge in [-0.3, -0.25) is 4.79 Å². The normalized spacial score (nSPS) is 25.3. The number of hydrogen-bond acceptors (Lipinski definition) is 3. The maximum atomic E-state index is 11.9. The van der Waals surface area contributed by atoms with Gasteiger partial charge in [0.2, 0.25) is 0 Å². The largest absolute Gasteiger partial charge is 0.298 e. The lowest BCUT2D eigenvalue weighted by Crippen LogP contribution is -2.33. The number of Topliss-reactive ketones (excluding diaryl/α,β-unsaturated/α-hetero) is 1. The lowest BCUT2D eigenvalue weighted by molar-refractivity contribution is -0.128. The fourth-order valence-corrected chi connectivity index (χ4v) is 3.03. The van der Waals surface area contributed by atoms with Gasteiger partial charge in [0.15, 0.2) is 5.78 Å². The summed E-state index contributed by atoms with van der Waals surface area (Å²) in [6.45, 7) is 0. The molecule has 1 atom stereocenters. The first-order valence-electron chi connectivity index (χ1n) is 5.74. The van der Waals surface area contributed by atoms with Gasteiger partial charge in [-0.1, -0.05) is 12.5 Å². The molecule has 1 fully saturated rings. The lowest BCUT2D eigenvalue weighted by atomic mass is 9.71. The molecule has 2 nitrogen and oxygen atoms in total. The monoisotopic (exact) mass is 233 g/mol. The molecule has 1 heterocycles. The van der Waals surface area contributed by atoms with Crippen molar-refractivity contribution in [2.75, 3.05) is 0 Å². The molecule has 1 aromatic rings. The molecule has 84 valence electrons. The first-order chi connectivity index (χ1) is 7.77. The fourth-order valence-electron chi connectivity index (χ4n) is 2.32. The second-order valence-electron chi connectivity index (χ2n) is 4.40. The predicted molar refractivity (Wildman–Crippen MR) is 64.2 cm³/mol. The van der Waals surface area contributed by atoms with Gasteiger partial charge in [0.1, 0.15) is 5.41 Å². The van der Waals surface area contributed by atoms with Crippen molar-refractivity contribution in [3.05, 3.63) is 22.4 Å². The summed E-state index contributed by atoms with van der Waals surface area (Å²) in [5.74, 6) is 0.165. The lowest BCUT2D eigenvalue weighted by Gasteiger charge is -2.28. The van der Waals surface area contributed by atoms with E-state index < -0.39 is 5.41 Å². The molecular formula is C13H15NOS. The molecule has 0 aliphatic heterocycles. The van der Waals surface area contributed by atoms with E-state index in [-0.39, 0.29) is 5.78 Å². The van der Waals surface area contributed by atoms with Gasteiger partial charge < -0.3 is 0 Å².